The van der Waals surface area contributed by atoms with Crippen LogP contribution in [0.3, 0.4) is 0 Å². The van der Waals surface area contributed by atoms with Crippen molar-refractivity contribution in [2.75, 3.05) is 16.5 Å². The number of nitrogens with one attached hydrogen (secondary N) is 2. The number of rotatable bonds is 5. The van der Waals surface area contributed by atoms with Crippen LogP contribution < -0.4 is 16.5 Å². The smallest absolute Gasteiger partial charge is 0.222 e. The molecule has 0 aliphatic heterocycles. The first-order valence-electron chi connectivity index (χ1n) is 8.95. The summed E-state index contributed by atoms with van der Waals surface area (Å²) < 4.78 is 1.85. The Balaban J connectivity index is 1.60. The van der Waals surface area contributed by atoms with Crippen LogP contribution in [0, 0.1) is 0 Å². The van der Waals surface area contributed by atoms with E-state index in [2.05, 4.69) is 25.8 Å². The van der Waals surface area contributed by atoms with Crippen LogP contribution in [0.5, 0.6) is 0 Å². The van der Waals surface area contributed by atoms with E-state index in [9.17, 15) is 4.79 Å². The maximum atomic E-state index is 11.2. The third-order valence-electron chi connectivity index (χ3n) is 4.21. The van der Waals surface area contributed by atoms with Crippen LogP contribution in [0.4, 0.5) is 17.3 Å². The summed E-state index contributed by atoms with van der Waals surface area (Å²) in [6.45, 7) is 1.45. The van der Waals surface area contributed by atoms with Crippen molar-refractivity contribution in [2.24, 2.45) is 5.10 Å². The van der Waals surface area contributed by atoms with Gasteiger partial charge in [-0.1, -0.05) is 18.2 Å². The fourth-order valence-electron chi connectivity index (χ4n) is 2.85. The summed E-state index contributed by atoms with van der Waals surface area (Å²) in [4.78, 5) is 19.9. The van der Waals surface area contributed by atoms with Gasteiger partial charge in [0.2, 0.25) is 5.91 Å². The molecule has 4 rings (SSSR count). The zero-order valence-corrected chi connectivity index (χ0v) is 15.7. The number of fused-ring (bicyclic) bond motifs is 1. The molecule has 1 aromatic carbocycles. The van der Waals surface area contributed by atoms with Gasteiger partial charge in [-0.15, -0.1) is 0 Å². The summed E-state index contributed by atoms with van der Waals surface area (Å²) in [6.07, 6.45) is 7.04. The molecule has 8 heteroatoms. The predicted molar refractivity (Wildman–Crippen MR) is 115 cm³/mol. The first-order chi connectivity index (χ1) is 14.1. The summed E-state index contributed by atoms with van der Waals surface area (Å²) in [6, 6.07) is 15.4. The van der Waals surface area contributed by atoms with Crippen LogP contribution in [0.15, 0.2) is 72.2 Å². The first-order valence-corrected chi connectivity index (χ1v) is 8.95. The molecular formula is C21H19N7O. The number of nitrogens with zero attached hydrogens (tertiary/aromatic N) is 4. The average molecular weight is 385 g/mol. The molecule has 0 radical (unpaired) electrons. The second-order valence-electron chi connectivity index (χ2n) is 6.43. The van der Waals surface area contributed by atoms with Crippen molar-refractivity contribution in [1.29, 1.82) is 0 Å². The van der Waals surface area contributed by atoms with Crippen LogP contribution in [-0.4, -0.2) is 26.5 Å². The molecule has 0 bridgehead atoms. The Labute approximate surface area is 167 Å². The third-order valence-corrected chi connectivity index (χ3v) is 4.21. The van der Waals surface area contributed by atoms with Gasteiger partial charge in [0, 0.05) is 36.0 Å². The van der Waals surface area contributed by atoms with Crippen LogP contribution in [0.1, 0.15) is 12.5 Å². The first kappa shape index (κ1) is 18.2. The van der Waals surface area contributed by atoms with E-state index in [-0.39, 0.29) is 5.91 Å². The van der Waals surface area contributed by atoms with E-state index < -0.39 is 0 Å². The van der Waals surface area contributed by atoms with Crippen LogP contribution in [0.2, 0.25) is 0 Å². The SMILES string of the molecule is CC(=O)Nc1cn2cc(-c3cnc(N)c(/C=N/Nc4ccccc4)c3)ccc2n1. The molecule has 0 aliphatic rings. The number of hydrogen-bond donors (Lipinski definition) is 3. The molecule has 29 heavy (non-hydrogen) atoms. The van der Waals surface area contributed by atoms with Gasteiger partial charge in [0.05, 0.1) is 18.1 Å². The Kier molecular flexibility index (Phi) is 4.90. The van der Waals surface area contributed by atoms with E-state index in [1.54, 1.807) is 18.6 Å². The average Bonchev–Trinajstić information content (AvgIpc) is 3.11. The van der Waals surface area contributed by atoms with E-state index in [0.717, 1.165) is 22.5 Å². The number of amides is 1. The summed E-state index contributed by atoms with van der Waals surface area (Å²) in [5.41, 5.74) is 13.1. The van der Waals surface area contributed by atoms with Crippen molar-refractivity contribution >= 4 is 35.1 Å². The van der Waals surface area contributed by atoms with Crippen LogP contribution in [0.25, 0.3) is 16.8 Å². The van der Waals surface area contributed by atoms with Gasteiger partial charge in [-0.05, 0) is 30.3 Å². The number of nitrogens with two attached hydrogens (primary N) is 1. The van der Waals surface area contributed by atoms with Crippen molar-refractivity contribution in [2.45, 2.75) is 6.92 Å². The van der Waals surface area contributed by atoms with Gasteiger partial charge in [-0.25, -0.2) is 9.97 Å². The fourth-order valence-corrected chi connectivity index (χ4v) is 2.85. The monoisotopic (exact) mass is 385 g/mol. The number of carbonyl (C=O) groups is 1. The number of carbonyl (C=O) groups excluding carboxylic acids is 1. The van der Waals surface area contributed by atoms with Crippen molar-refractivity contribution in [3.63, 3.8) is 0 Å². The fraction of sp³-hybridized carbons (Fsp3) is 0.0476. The molecule has 0 saturated heterocycles. The van der Waals surface area contributed by atoms with Crippen molar-refractivity contribution in [1.82, 2.24) is 14.4 Å². The predicted octanol–water partition coefficient (Wildman–Crippen LogP) is 3.38. The topological polar surface area (TPSA) is 110 Å². The van der Waals surface area contributed by atoms with E-state index >= 15 is 0 Å². The lowest BCUT2D eigenvalue weighted by molar-refractivity contribution is -0.114. The molecule has 0 unspecified atom stereocenters. The molecule has 0 aliphatic carbocycles. The number of hydrazone groups is 1. The molecule has 3 heterocycles. The summed E-state index contributed by atoms with van der Waals surface area (Å²) in [5, 5.41) is 6.92. The number of aromatic nitrogens is 3. The second-order valence-corrected chi connectivity index (χ2v) is 6.43. The molecule has 8 nitrogen and oxygen atoms in total. The Morgan fingerprint density at radius 2 is 1.97 bits per heavy atom. The molecule has 4 N–H and O–H groups in total. The van der Waals surface area contributed by atoms with Gasteiger partial charge < -0.3 is 15.5 Å². The minimum Gasteiger partial charge on any atom is -0.383 e. The largest absolute Gasteiger partial charge is 0.383 e. The van der Waals surface area contributed by atoms with E-state index in [1.807, 2.05) is 59.1 Å². The van der Waals surface area contributed by atoms with Crippen LogP contribution in [-0.2, 0) is 4.79 Å². The minimum atomic E-state index is -0.163. The summed E-state index contributed by atoms with van der Waals surface area (Å²) in [5.74, 6) is 0.735. The molecule has 0 spiro atoms. The Bertz CT molecular complexity index is 1200. The number of hydrogen-bond acceptors (Lipinski definition) is 6. The quantitative estimate of drug-likeness (QED) is 0.360. The number of para-hydroxylation sites is 1. The maximum Gasteiger partial charge on any atom is 0.222 e. The zero-order valence-electron chi connectivity index (χ0n) is 15.7. The van der Waals surface area contributed by atoms with Crippen LogP contribution >= 0.6 is 0 Å². The number of anilines is 3. The molecule has 3 aromatic heterocycles. The van der Waals surface area contributed by atoms with Gasteiger partial charge in [-0.3, -0.25) is 10.2 Å². The highest BCUT2D eigenvalue weighted by Crippen LogP contribution is 2.23. The second kappa shape index (κ2) is 7.81. The number of imidazole rings is 1. The summed E-state index contributed by atoms with van der Waals surface area (Å²) >= 11 is 0. The standard InChI is InChI=1S/C21H19N7O/c1-14(29)25-19-13-28-12-15(7-8-20(28)26-19)16-9-17(21(22)23-10-16)11-24-27-18-5-3-2-4-6-18/h2-13,27H,1H3,(H2,22,23)(H,25,29)/b24-11+. The Hall–Kier alpha value is -4.20. The molecule has 0 fully saturated rings. The van der Waals surface area contributed by atoms with E-state index in [1.165, 1.54) is 6.92 Å². The normalized spacial score (nSPS) is 11.1. The Morgan fingerprint density at radius 3 is 2.76 bits per heavy atom. The van der Waals surface area contributed by atoms with Gasteiger partial charge in [0.1, 0.15) is 11.5 Å². The maximum absolute atomic E-state index is 11.2. The lowest BCUT2D eigenvalue weighted by atomic mass is 10.1. The Morgan fingerprint density at radius 1 is 1.14 bits per heavy atom. The van der Waals surface area contributed by atoms with Crippen molar-refractivity contribution < 1.29 is 4.79 Å². The molecule has 4 aromatic rings. The highest BCUT2D eigenvalue weighted by atomic mass is 16.1. The lowest BCUT2D eigenvalue weighted by Crippen LogP contribution is -2.05. The van der Waals surface area contributed by atoms with Gasteiger partial charge in [-0.2, -0.15) is 5.10 Å². The van der Waals surface area contributed by atoms with Gasteiger partial charge in [0.15, 0.2) is 5.82 Å². The van der Waals surface area contributed by atoms with Gasteiger partial charge >= 0.3 is 0 Å². The molecule has 0 atom stereocenters. The molecular weight excluding hydrogens is 366 g/mol. The summed E-state index contributed by atoms with van der Waals surface area (Å²) in [7, 11) is 0. The number of nitrogen functional groups attached to an aromatic ring is 1. The number of pyridine rings is 2. The highest BCUT2D eigenvalue weighted by Gasteiger charge is 2.07. The minimum absolute atomic E-state index is 0.163. The molecule has 0 saturated carbocycles. The highest BCUT2D eigenvalue weighted by molar-refractivity contribution is 5.89. The number of benzene rings is 1. The van der Waals surface area contributed by atoms with Crippen molar-refractivity contribution in [3.05, 3.63) is 72.7 Å². The van der Waals surface area contributed by atoms with Crippen molar-refractivity contribution in [3.8, 4) is 11.1 Å². The van der Waals surface area contributed by atoms with Gasteiger partial charge in [0.25, 0.3) is 0 Å². The zero-order chi connectivity index (χ0) is 20.2. The molecule has 144 valence electrons. The van der Waals surface area contributed by atoms with E-state index in [0.29, 0.717) is 17.2 Å². The third kappa shape index (κ3) is 4.22. The van der Waals surface area contributed by atoms with E-state index in [4.69, 9.17) is 5.73 Å². The lowest BCUT2D eigenvalue weighted by Gasteiger charge is -2.06. The molecule has 1 amide bonds.